The van der Waals surface area contributed by atoms with Gasteiger partial charge < -0.3 is 4.90 Å². The van der Waals surface area contributed by atoms with E-state index in [4.69, 9.17) is 0 Å². The molecule has 0 spiro atoms. The van der Waals surface area contributed by atoms with Crippen LogP contribution in [-0.4, -0.2) is 56.0 Å². The van der Waals surface area contributed by atoms with Gasteiger partial charge in [0.15, 0.2) is 4.83 Å². The van der Waals surface area contributed by atoms with Crippen molar-refractivity contribution in [1.29, 1.82) is 0 Å². The molecule has 1 amide bonds. The number of nitrogens with zero attached hydrogens (tertiary/aromatic N) is 5. The molecular formula is C16H21N5O2S. The number of piperazine rings is 1. The first-order valence-electron chi connectivity index (χ1n) is 8.39. The molecule has 2 aromatic rings. The molecule has 128 valence electrons. The Morgan fingerprint density at radius 1 is 1.17 bits per heavy atom. The van der Waals surface area contributed by atoms with Crippen molar-refractivity contribution in [3.05, 3.63) is 21.6 Å². The molecule has 1 aliphatic heterocycles. The predicted octanol–water partition coefficient (Wildman–Crippen LogP) is 0.982. The number of aryl methyl sites for hydroxylation is 2. The second kappa shape index (κ2) is 5.93. The minimum absolute atomic E-state index is 0.0157. The van der Waals surface area contributed by atoms with Gasteiger partial charge in [0.25, 0.3) is 5.56 Å². The Hall–Kier alpha value is -1.80. The first-order chi connectivity index (χ1) is 11.5. The minimum atomic E-state index is 0.0157. The number of aromatic nitrogens is 3. The minimum Gasteiger partial charge on any atom is -0.340 e. The van der Waals surface area contributed by atoms with E-state index in [-0.39, 0.29) is 11.5 Å². The van der Waals surface area contributed by atoms with E-state index in [2.05, 4.69) is 15.1 Å². The van der Waals surface area contributed by atoms with Gasteiger partial charge in [-0.2, -0.15) is 5.10 Å². The van der Waals surface area contributed by atoms with Crippen LogP contribution in [0, 0.1) is 19.8 Å². The van der Waals surface area contributed by atoms with Crippen LogP contribution in [0.25, 0.3) is 10.2 Å². The topological polar surface area (TPSA) is 71.3 Å². The van der Waals surface area contributed by atoms with Crippen LogP contribution in [0.2, 0.25) is 0 Å². The Labute approximate surface area is 144 Å². The lowest BCUT2D eigenvalue weighted by Gasteiger charge is -2.34. The molecule has 7 nitrogen and oxygen atoms in total. The molecule has 2 aromatic heterocycles. The van der Waals surface area contributed by atoms with Gasteiger partial charge in [0.1, 0.15) is 0 Å². The fourth-order valence-corrected chi connectivity index (χ4v) is 4.16. The molecular weight excluding hydrogens is 326 g/mol. The molecule has 8 heteroatoms. The third-order valence-corrected chi connectivity index (χ3v) is 5.96. The Morgan fingerprint density at radius 3 is 2.54 bits per heavy atom. The monoisotopic (exact) mass is 347 g/mol. The highest BCUT2D eigenvalue weighted by molar-refractivity contribution is 7.13. The van der Waals surface area contributed by atoms with Crippen LogP contribution in [0.5, 0.6) is 0 Å². The van der Waals surface area contributed by atoms with Crippen molar-refractivity contribution in [2.24, 2.45) is 5.92 Å². The van der Waals surface area contributed by atoms with Gasteiger partial charge in [-0.3, -0.25) is 14.5 Å². The fourth-order valence-electron chi connectivity index (χ4n) is 3.15. The lowest BCUT2D eigenvalue weighted by Crippen LogP contribution is -2.49. The van der Waals surface area contributed by atoms with E-state index in [1.54, 1.807) is 3.96 Å². The quantitative estimate of drug-likeness (QED) is 0.828. The summed E-state index contributed by atoms with van der Waals surface area (Å²) < 4.78 is 1.75. The number of amides is 1. The summed E-state index contributed by atoms with van der Waals surface area (Å²) in [5.74, 6) is 0.599. The van der Waals surface area contributed by atoms with Gasteiger partial charge in [-0.25, -0.2) is 3.96 Å². The number of carbonyl (C=O) groups excluding carboxylic acids is 1. The largest absolute Gasteiger partial charge is 0.340 e. The molecule has 1 saturated heterocycles. The molecule has 0 unspecified atom stereocenters. The van der Waals surface area contributed by atoms with Crippen molar-refractivity contribution in [3.8, 4) is 0 Å². The molecule has 24 heavy (non-hydrogen) atoms. The van der Waals surface area contributed by atoms with Crippen molar-refractivity contribution in [2.75, 3.05) is 26.2 Å². The van der Waals surface area contributed by atoms with Gasteiger partial charge in [-0.05, 0) is 43.8 Å². The Bertz CT molecular complexity index is 846. The Morgan fingerprint density at radius 2 is 1.88 bits per heavy atom. The second-order valence-electron chi connectivity index (χ2n) is 6.72. The van der Waals surface area contributed by atoms with Gasteiger partial charge in [0.2, 0.25) is 5.91 Å². The van der Waals surface area contributed by atoms with Gasteiger partial charge in [-0.15, -0.1) is 5.10 Å². The normalized spacial score (nSPS) is 19.2. The summed E-state index contributed by atoms with van der Waals surface area (Å²) in [6, 6.07) is 0. The third kappa shape index (κ3) is 2.73. The average Bonchev–Trinajstić information content (AvgIpc) is 3.38. The summed E-state index contributed by atoms with van der Waals surface area (Å²) in [6.45, 7) is 7.49. The van der Waals surface area contributed by atoms with E-state index in [0.29, 0.717) is 22.8 Å². The van der Waals surface area contributed by atoms with Gasteiger partial charge in [0, 0.05) is 32.1 Å². The van der Waals surface area contributed by atoms with Crippen LogP contribution in [0.4, 0.5) is 0 Å². The van der Waals surface area contributed by atoms with Crippen molar-refractivity contribution in [1.82, 2.24) is 24.0 Å². The smallest absolute Gasteiger partial charge is 0.271 e. The van der Waals surface area contributed by atoms with Gasteiger partial charge in [-0.1, -0.05) is 0 Å². The fraction of sp³-hybridized carbons (Fsp3) is 0.625. The number of carbonyl (C=O) groups is 1. The highest BCUT2D eigenvalue weighted by atomic mass is 32.1. The molecule has 0 radical (unpaired) electrons. The van der Waals surface area contributed by atoms with E-state index < -0.39 is 0 Å². The standard InChI is InChI=1S/C16H21N5O2S/c1-10-11(2)17-18-14-13(10)16(23)21(24-14)9-19-5-7-20(8-6-19)15(22)12-3-4-12/h12H,3-9H2,1-2H3. The number of hydrogen-bond acceptors (Lipinski definition) is 6. The van der Waals surface area contributed by atoms with E-state index in [9.17, 15) is 9.59 Å². The zero-order valence-corrected chi connectivity index (χ0v) is 14.8. The molecule has 1 saturated carbocycles. The maximum absolute atomic E-state index is 12.7. The first kappa shape index (κ1) is 15.7. The Balaban J connectivity index is 1.47. The van der Waals surface area contributed by atoms with Crippen LogP contribution >= 0.6 is 11.5 Å². The average molecular weight is 347 g/mol. The number of fused-ring (bicyclic) bond motifs is 1. The van der Waals surface area contributed by atoms with Gasteiger partial charge in [0.05, 0.1) is 17.7 Å². The van der Waals surface area contributed by atoms with Crippen LogP contribution in [-0.2, 0) is 11.5 Å². The highest BCUT2D eigenvalue weighted by Gasteiger charge is 2.34. The summed E-state index contributed by atoms with van der Waals surface area (Å²) in [7, 11) is 0. The zero-order valence-electron chi connectivity index (χ0n) is 14.0. The van der Waals surface area contributed by atoms with Gasteiger partial charge >= 0.3 is 0 Å². The SMILES string of the molecule is Cc1nnc2sn(CN3CCN(C(=O)C4CC4)CC3)c(=O)c2c1C. The zero-order chi connectivity index (χ0) is 16.8. The van der Waals surface area contributed by atoms with Crippen LogP contribution in [0.3, 0.4) is 0 Å². The predicted molar refractivity (Wildman–Crippen MR) is 92.0 cm³/mol. The van der Waals surface area contributed by atoms with Crippen molar-refractivity contribution in [2.45, 2.75) is 33.4 Å². The third-order valence-electron chi connectivity index (χ3n) is 5.00. The second-order valence-corrected chi connectivity index (χ2v) is 7.73. The van der Waals surface area contributed by atoms with E-state index in [1.165, 1.54) is 11.5 Å². The lowest BCUT2D eigenvalue weighted by atomic mass is 10.2. The molecule has 3 heterocycles. The summed E-state index contributed by atoms with van der Waals surface area (Å²) in [5, 5.41) is 8.95. The van der Waals surface area contributed by atoms with Crippen LogP contribution < -0.4 is 5.56 Å². The lowest BCUT2D eigenvalue weighted by molar-refractivity contribution is -0.134. The molecule has 4 rings (SSSR count). The van der Waals surface area contributed by atoms with Crippen molar-refractivity contribution < 1.29 is 4.79 Å². The molecule has 2 aliphatic rings. The molecule has 0 N–H and O–H groups in total. The summed E-state index contributed by atoms with van der Waals surface area (Å²) >= 11 is 1.37. The number of rotatable bonds is 3. The summed E-state index contributed by atoms with van der Waals surface area (Å²) in [6.07, 6.45) is 2.10. The van der Waals surface area contributed by atoms with E-state index in [0.717, 1.165) is 50.3 Å². The molecule has 0 aromatic carbocycles. The maximum atomic E-state index is 12.7. The summed E-state index contributed by atoms with van der Waals surface area (Å²) in [5.41, 5.74) is 1.73. The number of hydrogen-bond donors (Lipinski definition) is 0. The highest BCUT2D eigenvalue weighted by Crippen LogP contribution is 2.31. The van der Waals surface area contributed by atoms with Crippen molar-refractivity contribution in [3.63, 3.8) is 0 Å². The van der Waals surface area contributed by atoms with Crippen LogP contribution in [0.1, 0.15) is 24.1 Å². The molecule has 0 bridgehead atoms. The van der Waals surface area contributed by atoms with E-state index >= 15 is 0 Å². The molecule has 2 fully saturated rings. The first-order valence-corrected chi connectivity index (χ1v) is 9.17. The molecule has 0 atom stereocenters. The van der Waals surface area contributed by atoms with Crippen molar-refractivity contribution >= 4 is 27.7 Å². The van der Waals surface area contributed by atoms with Crippen LogP contribution in [0.15, 0.2) is 4.79 Å². The summed E-state index contributed by atoms with van der Waals surface area (Å²) in [4.78, 5) is 29.7. The Kier molecular flexibility index (Phi) is 3.88. The maximum Gasteiger partial charge on any atom is 0.271 e. The molecule has 1 aliphatic carbocycles. The van der Waals surface area contributed by atoms with E-state index in [1.807, 2.05) is 18.7 Å².